The summed E-state index contributed by atoms with van der Waals surface area (Å²) in [6.45, 7) is 7.84. The number of carbonyl (C=O) groups is 2. The molecule has 132 valence electrons. The smallest absolute Gasteiger partial charge is 0.244 e. The maximum Gasteiger partial charge on any atom is 0.244 e. The van der Waals surface area contributed by atoms with Gasteiger partial charge in [0, 0.05) is 18.3 Å². The predicted octanol–water partition coefficient (Wildman–Crippen LogP) is 3.69. The molecule has 0 heterocycles. The van der Waals surface area contributed by atoms with Crippen LogP contribution in [0.15, 0.2) is 42.5 Å². The summed E-state index contributed by atoms with van der Waals surface area (Å²) >= 11 is 0. The zero-order valence-corrected chi connectivity index (χ0v) is 15.1. The van der Waals surface area contributed by atoms with Gasteiger partial charge < -0.3 is 15.0 Å². The Morgan fingerprint density at radius 2 is 1.76 bits per heavy atom. The van der Waals surface area contributed by atoms with Crippen LogP contribution in [-0.4, -0.2) is 25.0 Å². The van der Waals surface area contributed by atoms with Crippen molar-refractivity contribution >= 4 is 23.2 Å². The Morgan fingerprint density at radius 1 is 1.08 bits per heavy atom. The summed E-state index contributed by atoms with van der Waals surface area (Å²) in [5.41, 5.74) is 3.55. The molecule has 0 spiro atoms. The molecule has 5 nitrogen and oxygen atoms in total. The average molecular weight is 340 g/mol. The standard InChI is InChI=1S/C20H24N2O3/c1-5-25-18-11-9-17(10-12-18)22(16(4)23)13-20(24)21-19-8-6-7-14(2)15(19)3/h6-12H,5,13H2,1-4H3,(H,21,24). The van der Waals surface area contributed by atoms with Crippen molar-refractivity contribution in [1.29, 1.82) is 0 Å². The zero-order chi connectivity index (χ0) is 18.4. The summed E-state index contributed by atoms with van der Waals surface area (Å²) in [7, 11) is 0. The fourth-order valence-corrected chi connectivity index (χ4v) is 2.49. The molecule has 0 atom stereocenters. The van der Waals surface area contributed by atoms with E-state index in [0.717, 1.165) is 22.6 Å². The van der Waals surface area contributed by atoms with Crippen LogP contribution in [0.2, 0.25) is 0 Å². The Labute approximate surface area is 148 Å². The predicted molar refractivity (Wildman–Crippen MR) is 100 cm³/mol. The molecule has 0 aliphatic carbocycles. The number of ether oxygens (including phenoxy) is 1. The minimum Gasteiger partial charge on any atom is -0.494 e. The molecule has 5 heteroatoms. The highest BCUT2D eigenvalue weighted by molar-refractivity contribution is 6.02. The van der Waals surface area contributed by atoms with Gasteiger partial charge in [0.2, 0.25) is 11.8 Å². The second kappa shape index (κ2) is 8.33. The molecule has 0 fully saturated rings. The van der Waals surface area contributed by atoms with Crippen LogP contribution in [0.25, 0.3) is 0 Å². The van der Waals surface area contributed by atoms with E-state index in [1.54, 1.807) is 24.3 Å². The summed E-state index contributed by atoms with van der Waals surface area (Å²) in [5.74, 6) is 0.299. The Morgan fingerprint density at radius 3 is 2.36 bits per heavy atom. The highest BCUT2D eigenvalue weighted by atomic mass is 16.5. The van der Waals surface area contributed by atoms with Crippen molar-refractivity contribution in [3.63, 3.8) is 0 Å². The lowest BCUT2D eigenvalue weighted by Gasteiger charge is -2.21. The van der Waals surface area contributed by atoms with Gasteiger partial charge in [0.15, 0.2) is 0 Å². The van der Waals surface area contributed by atoms with Crippen molar-refractivity contribution in [3.8, 4) is 5.75 Å². The lowest BCUT2D eigenvalue weighted by molar-refractivity contribution is -0.120. The van der Waals surface area contributed by atoms with E-state index in [1.807, 2.05) is 39.0 Å². The van der Waals surface area contributed by atoms with E-state index in [4.69, 9.17) is 4.74 Å². The number of nitrogens with one attached hydrogen (secondary N) is 1. The molecule has 0 saturated heterocycles. The van der Waals surface area contributed by atoms with E-state index in [0.29, 0.717) is 12.3 Å². The van der Waals surface area contributed by atoms with Gasteiger partial charge in [-0.15, -0.1) is 0 Å². The largest absolute Gasteiger partial charge is 0.494 e. The molecule has 2 rings (SSSR count). The number of hydrogen-bond donors (Lipinski definition) is 1. The molecule has 0 radical (unpaired) electrons. The maximum atomic E-state index is 12.4. The van der Waals surface area contributed by atoms with Crippen LogP contribution < -0.4 is 15.0 Å². The molecular formula is C20H24N2O3. The second-order valence-electron chi connectivity index (χ2n) is 5.83. The summed E-state index contributed by atoms with van der Waals surface area (Å²) in [5, 5.41) is 2.88. The highest BCUT2D eigenvalue weighted by Gasteiger charge is 2.16. The van der Waals surface area contributed by atoms with Crippen LogP contribution in [0.1, 0.15) is 25.0 Å². The number of amides is 2. The first-order valence-electron chi connectivity index (χ1n) is 8.29. The maximum absolute atomic E-state index is 12.4. The van der Waals surface area contributed by atoms with Crippen LogP contribution in [0.5, 0.6) is 5.75 Å². The van der Waals surface area contributed by atoms with E-state index in [1.165, 1.54) is 11.8 Å². The number of nitrogens with zero attached hydrogens (tertiary/aromatic N) is 1. The lowest BCUT2D eigenvalue weighted by atomic mass is 10.1. The molecule has 1 N–H and O–H groups in total. The van der Waals surface area contributed by atoms with E-state index in [2.05, 4.69) is 5.32 Å². The first-order valence-corrected chi connectivity index (χ1v) is 8.29. The van der Waals surface area contributed by atoms with Crippen molar-refractivity contribution in [2.24, 2.45) is 0 Å². The van der Waals surface area contributed by atoms with Gasteiger partial charge >= 0.3 is 0 Å². The molecule has 0 aliphatic heterocycles. The fourth-order valence-electron chi connectivity index (χ4n) is 2.49. The summed E-state index contributed by atoms with van der Waals surface area (Å²) in [4.78, 5) is 25.8. The van der Waals surface area contributed by atoms with E-state index >= 15 is 0 Å². The highest BCUT2D eigenvalue weighted by Crippen LogP contribution is 2.21. The van der Waals surface area contributed by atoms with Gasteiger partial charge in [-0.25, -0.2) is 0 Å². The van der Waals surface area contributed by atoms with Crippen molar-refractivity contribution in [3.05, 3.63) is 53.6 Å². The molecule has 0 unspecified atom stereocenters. The van der Waals surface area contributed by atoms with Crippen molar-refractivity contribution in [2.45, 2.75) is 27.7 Å². The van der Waals surface area contributed by atoms with Crippen LogP contribution in [-0.2, 0) is 9.59 Å². The van der Waals surface area contributed by atoms with Crippen LogP contribution in [0, 0.1) is 13.8 Å². The number of anilines is 2. The quantitative estimate of drug-likeness (QED) is 0.872. The van der Waals surface area contributed by atoms with Gasteiger partial charge in [0.05, 0.1) is 6.61 Å². The Balaban J connectivity index is 2.11. The van der Waals surface area contributed by atoms with Gasteiger partial charge in [-0.2, -0.15) is 0 Å². The number of carbonyl (C=O) groups excluding carboxylic acids is 2. The van der Waals surface area contributed by atoms with Gasteiger partial charge in [0.1, 0.15) is 12.3 Å². The third-order valence-corrected chi connectivity index (χ3v) is 4.02. The summed E-state index contributed by atoms with van der Waals surface area (Å²) in [6.07, 6.45) is 0. The SMILES string of the molecule is CCOc1ccc(N(CC(=O)Nc2cccc(C)c2C)C(C)=O)cc1. The third-order valence-electron chi connectivity index (χ3n) is 4.02. The molecular weight excluding hydrogens is 316 g/mol. The molecule has 2 aromatic rings. The Hall–Kier alpha value is -2.82. The summed E-state index contributed by atoms with van der Waals surface area (Å²) in [6, 6.07) is 12.9. The molecule has 25 heavy (non-hydrogen) atoms. The van der Waals surface area contributed by atoms with Gasteiger partial charge in [-0.1, -0.05) is 12.1 Å². The Bertz CT molecular complexity index is 754. The molecule has 0 saturated carbocycles. The Kier molecular flexibility index (Phi) is 6.17. The fraction of sp³-hybridized carbons (Fsp3) is 0.300. The first-order chi connectivity index (χ1) is 11.9. The van der Waals surface area contributed by atoms with Crippen LogP contribution in [0.4, 0.5) is 11.4 Å². The number of aryl methyl sites for hydroxylation is 1. The zero-order valence-electron chi connectivity index (χ0n) is 15.1. The minimum absolute atomic E-state index is 0.0449. The van der Waals surface area contributed by atoms with E-state index in [-0.39, 0.29) is 18.4 Å². The third kappa shape index (κ3) is 4.83. The van der Waals surface area contributed by atoms with Gasteiger partial charge in [-0.3, -0.25) is 9.59 Å². The number of benzene rings is 2. The molecule has 2 aromatic carbocycles. The van der Waals surface area contributed by atoms with Crippen molar-refractivity contribution < 1.29 is 14.3 Å². The monoisotopic (exact) mass is 340 g/mol. The van der Waals surface area contributed by atoms with E-state index < -0.39 is 0 Å². The number of hydrogen-bond acceptors (Lipinski definition) is 3. The lowest BCUT2D eigenvalue weighted by Crippen LogP contribution is -2.36. The van der Waals surface area contributed by atoms with E-state index in [9.17, 15) is 9.59 Å². The molecule has 0 aliphatic rings. The van der Waals surface area contributed by atoms with Crippen molar-refractivity contribution in [1.82, 2.24) is 0 Å². The molecule has 0 bridgehead atoms. The minimum atomic E-state index is -0.238. The normalized spacial score (nSPS) is 10.2. The molecule has 2 amide bonds. The average Bonchev–Trinajstić information content (AvgIpc) is 2.58. The topological polar surface area (TPSA) is 58.6 Å². The van der Waals surface area contributed by atoms with Gasteiger partial charge in [-0.05, 0) is 62.2 Å². The summed E-state index contributed by atoms with van der Waals surface area (Å²) < 4.78 is 5.40. The second-order valence-corrected chi connectivity index (χ2v) is 5.83. The first kappa shape index (κ1) is 18.5. The van der Waals surface area contributed by atoms with Crippen molar-refractivity contribution in [2.75, 3.05) is 23.4 Å². The molecule has 0 aromatic heterocycles. The van der Waals surface area contributed by atoms with Crippen LogP contribution >= 0.6 is 0 Å². The van der Waals surface area contributed by atoms with Crippen LogP contribution in [0.3, 0.4) is 0 Å². The number of rotatable bonds is 6. The van der Waals surface area contributed by atoms with Gasteiger partial charge in [0.25, 0.3) is 0 Å².